The average molecular weight is 306 g/mol. The van der Waals surface area contributed by atoms with Crippen LogP contribution in [0, 0.1) is 5.92 Å². The van der Waals surface area contributed by atoms with Crippen LogP contribution in [0.5, 0.6) is 0 Å². The van der Waals surface area contributed by atoms with Gasteiger partial charge >= 0.3 is 0 Å². The summed E-state index contributed by atoms with van der Waals surface area (Å²) in [6.45, 7) is 12.1. The van der Waals surface area contributed by atoms with Crippen LogP contribution in [0.25, 0.3) is 4.96 Å². The van der Waals surface area contributed by atoms with E-state index in [1.165, 1.54) is 24.4 Å². The third kappa shape index (κ3) is 3.24. The minimum absolute atomic E-state index is 0.119. The molecule has 1 aliphatic heterocycles. The van der Waals surface area contributed by atoms with Gasteiger partial charge in [-0.1, -0.05) is 6.92 Å². The lowest BCUT2D eigenvalue weighted by Crippen LogP contribution is -2.37. The van der Waals surface area contributed by atoms with E-state index >= 15 is 0 Å². The number of fused-ring (bicyclic) bond motifs is 1. The van der Waals surface area contributed by atoms with Gasteiger partial charge in [0.05, 0.1) is 5.69 Å². The zero-order chi connectivity index (χ0) is 15.0. The van der Waals surface area contributed by atoms with Gasteiger partial charge in [0.15, 0.2) is 10.8 Å². The topological polar surface area (TPSA) is 32.6 Å². The number of nitrogens with one attached hydrogen (secondary N) is 1. The zero-order valence-electron chi connectivity index (χ0n) is 13.5. The molecule has 116 valence electrons. The fourth-order valence-electron chi connectivity index (χ4n) is 2.81. The highest BCUT2D eigenvalue weighted by Gasteiger charge is 2.23. The van der Waals surface area contributed by atoms with Gasteiger partial charge in [-0.05, 0) is 39.5 Å². The molecular weight excluding hydrogens is 280 g/mol. The van der Waals surface area contributed by atoms with Crippen LogP contribution in [-0.2, 0) is 6.54 Å². The molecule has 0 atom stereocenters. The molecule has 5 heteroatoms. The van der Waals surface area contributed by atoms with Crippen LogP contribution in [0.4, 0.5) is 5.82 Å². The monoisotopic (exact) mass is 306 g/mol. The number of rotatable bonds is 3. The summed E-state index contributed by atoms with van der Waals surface area (Å²) in [7, 11) is 0. The van der Waals surface area contributed by atoms with Crippen LogP contribution >= 0.6 is 11.3 Å². The number of imidazole rings is 1. The minimum Gasteiger partial charge on any atom is -0.355 e. The molecule has 1 aliphatic rings. The van der Waals surface area contributed by atoms with Crippen LogP contribution in [0.2, 0.25) is 0 Å². The van der Waals surface area contributed by atoms with Gasteiger partial charge in [0.2, 0.25) is 0 Å². The fraction of sp³-hybridized carbons (Fsp3) is 0.688. The highest BCUT2D eigenvalue weighted by atomic mass is 32.1. The first-order valence-electron chi connectivity index (χ1n) is 7.88. The van der Waals surface area contributed by atoms with Crippen LogP contribution in [0.15, 0.2) is 11.6 Å². The van der Waals surface area contributed by atoms with E-state index in [9.17, 15) is 0 Å². The van der Waals surface area contributed by atoms with Gasteiger partial charge in [-0.15, -0.1) is 11.3 Å². The molecule has 2 aromatic heterocycles. The van der Waals surface area contributed by atoms with Gasteiger partial charge in [-0.3, -0.25) is 4.40 Å². The van der Waals surface area contributed by atoms with E-state index in [4.69, 9.17) is 4.98 Å². The molecule has 4 nitrogen and oxygen atoms in total. The van der Waals surface area contributed by atoms with Crippen molar-refractivity contribution in [3.05, 3.63) is 17.3 Å². The van der Waals surface area contributed by atoms with Crippen LogP contribution < -0.4 is 10.2 Å². The average Bonchev–Trinajstić information content (AvgIpc) is 2.97. The van der Waals surface area contributed by atoms with Gasteiger partial charge in [0.25, 0.3) is 0 Å². The Bertz CT molecular complexity index is 599. The molecule has 0 unspecified atom stereocenters. The SMILES string of the molecule is CC1CCN(c2nc3sccn3c2CNC(C)(C)C)CC1. The molecule has 0 spiro atoms. The maximum absolute atomic E-state index is 4.89. The Kier molecular flexibility index (Phi) is 3.97. The lowest BCUT2D eigenvalue weighted by Gasteiger charge is -2.31. The third-order valence-electron chi connectivity index (χ3n) is 4.21. The zero-order valence-corrected chi connectivity index (χ0v) is 14.3. The van der Waals surface area contributed by atoms with Crippen molar-refractivity contribution < 1.29 is 0 Å². The highest BCUT2D eigenvalue weighted by molar-refractivity contribution is 7.15. The van der Waals surface area contributed by atoms with Gasteiger partial charge in [0, 0.05) is 36.8 Å². The smallest absolute Gasteiger partial charge is 0.195 e. The van der Waals surface area contributed by atoms with E-state index in [1.807, 2.05) is 0 Å². The molecule has 3 heterocycles. The summed E-state index contributed by atoms with van der Waals surface area (Å²) in [4.78, 5) is 8.47. The second-order valence-electron chi connectivity index (χ2n) is 7.21. The van der Waals surface area contributed by atoms with E-state index < -0.39 is 0 Å². The Morgan fingerprint density at radius 3 is 2.71 bits per heavy atom. The summed E-state index contributed by atoms with van der Waals surface area (Å²) in [5.41, 5.74) is 1.42. The molecule has 0 radical (unpaired) electrons. The number of anilines is 1. The largest absolute Gasteiger partial charge is 0.355 e. The van der Waals surface area contributed by atoms with Crippen molar-refractivity contribution in [2.45, 2.75) is 52.6 Å². The number of hydrogen-bond acceptors (Lipinski definition) is 4. The molecule has 21 heavy (non-hydrogen) atoms. The standard InChI is InChI=1S/C16H26N4S/c1-12-5-7-19(8-6-12)14-13(11-17-16(2,3)4)20-9-10-21-15(20)18-14/h9-10,12,17H,5-8,11H2,1-4H3. The van der Waals surface area contributed by atoms with Crippen LogP contribution in [0.3, 0.4) is 0 Å². The highest BCUT2D eigenvalue weighted by Crippen LogP contribution is 2.28. The first-order valence-corrected chi connectivity index (χ1v) is 8.76. The number of nitrogens with zero attached hydrogens (tertiary/aromatic N) is 3. The van der Waals surface area contributed by atoms with E-state index in [0.29, 0.717) is 0 Å². The van der Waals surface area contributed by atoms with Crippen molar-refractivity contribution in [1.29, 1.82) is 0 Å². The molecule has 0 bridgehead atoms. The predicted octanol–water partition coefficient (Wildman–Crippen LogP) is 3.52. The number of piperidine rings is 1. The summed E-state index contributed by atoms with van der Waals surface area (Å²) in [6.07, 6.45) is 4.69. The maximum Gasteiger partial charge on any atom is 0.195 e. The second kappa shape index (κ2) is 5.61. The predicted molar refractivity (Wildman–Crippen MR) is 90.3 cm³/mol. The molecular formula is C16H26N4S. The molecule has 0 amide bonds. The molecule has 1 saturated heterocycles. The molecule has 3 rings (SSSR count). The van der Waals surface area contributed by atoms with E-state index in [1.54, 1.807) is 11.3 Å². The van der Waals surface area contributed by atoms with E-state index in [-0.39, 0.29) is 5.54 Å². The lowest BCUT2D eigenvalue weighted by molar-refractivity contribution is 0.417. The van der Waals surface area contributed by atoms with Crippen LogP contribution in [0.1, 0.15) is 46.2 Å². The lowest BCUT2D eigenvalue weighted by atomic mass is 9.99. The normalized spacial score (nSPS) is 17.8. The Hall–Kier alpha value is -1.07. The van der Waals surface area contributed by atoms with Gasteiger partial charge in [-0.25, -0.2) is 4.98 Å². The summed E-state index contributed by atoms with van der Waals surface area (Å²) in [6, 6.07) is 0. The Morgan fingerprint density at radius 2 is 2.05 bits per heavy atom. The Balaban J connectivity index is 1.88. The van der Waals surface area contributed by atoms with Gasteiger partial charge in [-0.2, -0.15) is 0 Å². The molecule has 0 saturated carbocycles. The first-order chi connectivity index (χ1) is 9.94. The quantitative estimate of drug-likeness (QED) is 0.942. The Morgan fingerprint density at radius 1 is 1.33 bits per heavy atom. The molecule has 0 aliphatic carbocycles. The summed E-state index contributed by atoms with van der Waals surface area (Å²) < 4.78 is 2.25. The summed E-state index contributed by atoms with van der Waals surface area (Å²) in [5.74, 6) is 2.03. The summed E-state index contributed by atoms with van der Waals surface area (Å²) >= 11 is 1.72. The van der Waals surface area contributed by atoms with Crippen molar-refractivity contribution in [2.75, 3.05) is 18.0 Å². The summed E-state index contributed by atoms with van der Waals surface area (Å²) in [5, 5.41) is 5.73. The second-order valence-corrected chi connectivity index (χ2v) is 8.08. The molecule has 2 aromatic rings. The van der Waals surface area contributed by atoms with E-state index in [0.717, 1.165) is 30.5 Å². The maximum atomic E-state index is 4.89. The van der Waals surface area contributed by atoms with Crippen molar-refractivity contribution in [2.24, 2.45) is 5.92 Å². The molecule has 0 aromatic carbocycles. The Labute approximate surface area is 131 Å². The number of hydrogen-bond donors (Lipinski definition) is 1. The van der Waals surface area contributed by atoms with Crippen molar-refractivity contribution >= 4 is 22.1 Å². The molecule has 1 N–H and O–H groups in total. The van der Waals surface area contributed by atoms with E-state index in [2.05, 4.69) is 53.9 Å². The molecule has 1 fully saturated rings. The fourth-order valence-corrected chi connectivity index (χ4v) is 3.54. The van der Waals surface area contributed by atoms with Crippen molar-refractivity contribution in [3.8, 4) is 0 Å². The van der Waals surface area contributed by atoms with Crippen LogP contribution in [-0.4, -0.2) is 28.0 Å². The van der Waals surface area contributed by atoms with Crippen molar-refractivity contribution in [3.63, 3.8) is 0 Å². The van der Waals surface area contributed by atoms with Gasteiger partial charge in [0.1, 0.15) is 0 Å². The first kappa shape index (κ1) is 14.9. The third-order valence-corrected chi connectivity index (χ3v) is 4.97. The van der Waals surface area contributed by atoms with Gasteiger partial charge < -0.3 is 10.2 Å². The number of thiazole rings is 1. The van der Waals surface area contributed by atoms with Crippen molar-refractivity contribution in [1.82, 2.24) is 14.7 Å². The number of aromatic nitrogens is 2. The minimum atomic E-state index is 0.119.